The van der Waals surface area contributed by atoms with E-state index in [9.17, 15) is 0 Å². The third-order valence-corrected chi connectivity index (χ3v) is 0.727. The molecular formula is C5H10O2. The van der Waals surface area contributed by atoms with Crippen molar-refractivity contribution in [1.29, 1.82) is 0 Å². The predicted octanol–water partition coefficient (Wildman–Crippen LogP) is 0.768. The van der Waals surface area contributed by atoms with E-state index in [-0.39, 0.29) is 6.29 Å². The Morgan fingerprint density at radius 3 is 2.43 bits per heavy atom. The molecule has 7 heavy (non-hydrogen) atoms. The number of rotatable bonds is 2. The maximum Gasteiger partial charge on any atom is 0.181 e. The van der Waals surface area contributed by atoms with Crippen LogP contribution in [0.3, 0.4) is 0 Å². The standard InChI is InChI=1S/C5H10O2/c1-4(2)7-5-3-6-5/h4-5H,3H2,1-2H3. The minimum Gasteiger partial charge on any atom is -0.348 e. The molecule has 0 saturated carbocycles. The molecule has 1 aliphatic rings. The predicted molar refractivity (Wildman–Crippen MR) is 26.0 cm³/mol. The lowest BCUT2D eigenvalue weighted by molar-refractivity contribution is 0.00820. The van der Waals surface area contributed by atoms with Crippen molar-refractivity contribution in [3.8, 4) is 0 Å². The van der Waals surface area contributed by atoms with Crippen molar-refractivity contribution in [2.45, 2.75) is 26.2 Å². The van der Waals surface area contributed by atoms with E-state index < -0.39 is 0 Å². The summed E-state index contributed by atoms with van der Waals surface area (Å²) in [5.74, 6) is 0. The molecule has 2 heteroatoms. The minimum absolute atomic E-state index is 0.125. The second-order valence-electron chi connectivity index (χ2n) is 1.95. The van der Waals surface area contributed by atoms with Crippen LogP contribution in [0.5, 0.6) is 0 Å². The highest BCUT2D eigenvalue weighted by atomic mass is 16.8. The van der Waals surface area contributed by atoms with Crippen molar-refractivity contribution in [1.82, 2.24) is 0 Å². The molecule has 0 radical (unpaired) electrons. The van der Waals surface area contributed by atoms with E-state index in [1.165, 1.54) is 0 Å². The van der Waals surface area contributed by atoms with Crippen molar-refractivity contribution >= 4 is 0 Å². The van der Waals surface area contributed by atoms with Crippen LogP contribution in [-0.2, 0) is 9.47 Å². The van der Waals surface area contributed by atoms with Crippen LogP contribution in [0.15, 0.2) is 0 Å². The van der Waals surface area contributed by atoms with Gasteiger partial charge in [-0.2, -0.15) is 0 Å². The molecule has 0 aromatic carbocycles. The summed E-state index contributed by atoms with van der Waals surface area (Å²) in [6, 6.07) is 0. The maximum atomic E-state index is 5.14. The quantitative estimate of drug-likeness (QED) is 0.480. The minimum atomic E-state index is 0.125. The highest BCUT2D eigenvalue weighted by molar-refractivity contribution is 4.56. The van der Waals surface area contributed by atoms with E-state index in [4.69, 9.17) is 9.47 Å². The molecule has 1 rings (SSSR count). The zero-order chi connectivity index (χ0) is 5.28. The Bertz CT molecular complexity index is 57.1. The zero-order valence-corrected chi connectivity index (χ0v) is 4.68. The molecule has 1 unspecified atom stereocenters. The average Bonchev–Trinajstić information content (AvgIpc) is 2.17. The van der Waals surface area contributed by atoms with Crippen molar-refractivity contribution in [2.24, 2.45) is 0 Å². The van der Waals surface area contributed by atoms with Crippen LogP contribution in [0.2, 0.25) is 0 Å². The van der Waals surface area contributed by atoms with E-state index in [2.05, 4.69) is 0 Å². The number of epoxide rings is 1. The van der Waals surface area contributed by atoms with Gasteiger partial charge in [0.25, 0.3) is 0 Å². The number of hydrogen-bond acceptors (Lipinski definition) is 2. The molecule has 0 amide bonds. The van der Waals surface area contributed by atoms with Crippen LogP contribution in [-0.4, -0.2) is 19.0 Å². The van der Waals surface area contributed by atoms with Gasteiger partial charge in [-0.05, 0) is 13.8 Å². The highest BCUT2D eigenvalue weighted by Gasteiger charge is 2.23. The Balaban J connectivity index is 1.97. The first-order valence-electron chi connectivity index (χ1n) is 2.56. The molecule has 1 aliphatic heterocycles. The van der Waals surface area contributed by atoms with Gasteiger partial charge in [-0.15, -0.1) is 0 Å². The summed E-state index contributed by atoms with van der Waals surface area (Å²) in [5, 5.41) is 0. The second kappa shape index (κ2) is 1.80. The molecule has 1 atom stereocenters. The van der Waals surface area contributed by atoms with E-state index in [1.54, 1.807) is 0 Å². The van der Waals surface area contributed by atoms with Crippen molar-refractivity contribution in [3.63, 3.8) is 0 Å². The Kier molecular flexibility index (Phi) is 1.30. The summed E-state index contributed by atoms with van der Waals surface area (Å²) < 4.78 is 9.94. The molecule has 1 fully saturated rings. The number of ether oxygens (including phenoxy) is 2. The Labute approximate surface area is 43.4 Å². The molecule has 0 aliphatic carbocycles. The fourth-order valence-corrected chi connectivity index (χ4v) is 0.421. The Morgan fingerprint density at radius 2 is 2.29 bits per heavy atom. The molecule has 0 aromatic rings. The average molecular weight is 102 g/mol. The van der Waals surface area contributed by atoms with Gasteiger partial charge in [0.2, 0.25) is 0 Å². The van der Waals surface area contributed by atoms with Crippen molar-refractivity contribution < 1.29 is 9.47 Å². The van der Waals surface area contributed by atoms with Crippen LogP contribution in [0.4, 0.5) is 0 Å². The van der Waals surface area contributed by atoms with Gasteiger partial charge in [-0.1, -0.05) is 0 Å². The summed E-state index contributed by atoms with van der Waals surface area (Å²) >= 11 is 0. The van der Waals surface area contributed by atoms with E-state index in [0.717, 1.165) is 6.61 Å². The van der Waals surface area contributed by atoms with Gasteiger partial charge in [0.1, 0.15) is 6.61 Å². The van der Waals surface area contributed by atoms with Gasteiger partial charge >= 0.3 is 0 Å². The summed E-state index contributed by atoms with van der Waals surface area (Å²) in [4.78, 5) is 0. The third-order valence-electron chi connectivity index (χ3n) is 0.727. The third kappa shape index (κ3) is 1.90. The van der Waals surface area contributed by atoms with Gasteiger partial charge in [-0.3, -0.25) is 0 Å². The fraction of sp³-hybridized carbons (Fsp3) is 1.00. The van der Waals surface area contributed by atoms with Crippen LogP contribution in [0.1, 0.15) is 13.8 Å². The first-order chi connectivity index (χ1) is 3.29. The van der Waals surface area contributed by atoms with Gasteiger partial charge in [0.05, 0.1) is 6.10 Å². The molecule has 1 saturated heterocycles. The van der Waals surface area contributed by atoms with Crippen molar-refractivity contribution in [3.05, 3.63) is 0 Å². The lowest BCUT2D eigenvalue weighted by Crippen LogP contribution is -2.04. The smallest absolute Gasteiger partial charge is 0.181 e. The monoisotopic (exact) mass is 102 g/mol. The molecule has 1 heterocycles. The van der Waals surface area contributed by atoms with E-state index >= 15 is 0 Å². The van der Waals surface area contributed by atoms with Crippen molar-refractivity contribution in [2.75, 3.05) is 6.61 Å². The summed E-state index contributed by atoms with van der Waals surface area (Å²) in [6.45, 7) is 4.79. The molecule has 0 aromatic heterocycles. The van der Waals surface area contributed by atoms with Gasteiger partial charge < -0.3 is 9.47 Å². The summed E-state index contributed by atoms with van der Waals surface area (Å²) in [6.07, 6.45) is 0.437. The summed E-state index contributed by atoms with van der Waals surface area (Å²) in [7, 11) is 0. The van der Waals surface area contributed by atoms with E-state index in [1.807, 2.05) is 13.8 Å². The van der Waals surface area contributed by atoms with Gasteiger partial charge in [-0.25, -0.2) is 0 Å². The molecular weight excluding hydrogens is 92.1 g/mol. The largest absolute Gasteiger partial charge is 0.348 e. The molecule has 0 bridgehead atoms. The van der Waals surface area contributed by atoms with Crippen LogP contribution >= 0.6 is 0 Å². The van der Waals surface area contributed by atoms with Crippen LogP contribution < -0.4 is 0 Å². The SMILES string of the molecule is CC(C)OC1CO1. The zero-order valence-electron chi connectivity index (χ0n) is 4.68. The van der Waals surface area contributed by atoms with Crippen LogP contribution in [0, 0.1) is 0 Å². The molecule has 42 valence electrons. The van der Waals surface area contributed by atoms with Gasteiger partial charge in [0, 0.05) is 0 Å². The fourth-order valence-electron chi connectivity index (χ4n) is 0.421. The molecule has 0 spiro atoms. The summed E-state index contributed by atoms with van der Waals surface area (Å²) in [5.41, 5.74) is 0. The number of hydrogen-bond donors (Lipinski definition) is 0. The molecule has 2 nitrogen and oxygen atoms in total. The lowest BCUT2D eigenvalue weighted by atomic mass is 10.5. The Morgan fingerprint density at radius 1 is 1.71 bits per heavy atom. The topological polar surface area (TPSA) is 21.8 Å². The first-order valence-corrected chi connectivity index (χ1v) is 2.56. The maximum absolute atomic E-state index is 5.14. The van der Waals surface area contributed by atoms with E-state index in [0.29, 0.717) is 6.10 Å². The normalized spacial score (nSPS) is 28.7. The highest BCUT2D eigenvalue weighted by Crippen LogP contribution is 2.11. The Hall–Kier alpha value is -0.0800. The first kappa shape index (κ1) is 5.06. The lowest BCUT2D eigenvalue weighted by Gasteiger charge is -2.00. The second-order valence-corrected chi connectivity index (χ2v) is 1.95. The van der Waals surface area contributed by atoms with Crippen LogP contribution in [0.25, 0.3) is 0 Å². The van der Waals surface area contributed by atoms with Gasteiger partial charge in [0.15, 0.2) is 6.29 Å². The molecule has 0 N–H and O–H groups in total.